The molecule has 1 aliphatic heterocycles. The molecule has 1 saturated carbocycles. The second-order valence-electron chi connectivity index (χ2n) is 6.83. The van der Waals surface area contributed by atoms with Gasteiger partial charge in [0, 0.05) is 37.7 Å². The summed E-state index contributed by atoms with van der Waals surface area (Å²) in [6.45, 7) is 4.05. The lowest BCUT2D eigenvalue weighted by molar-refractivity contribution is -0.145. The molecule has 0 bridgehead atoms. The fourth-order valence-corrected chi connectivity index (χ4v) is 3.46. The van der Waals surface area contributed by atoms with Gasteiger partial charge in [-0.2, -0.15) is 0 Å². The first kappa shape index (κ1) is 19.5. The molecule has 1 N–H and O–H groups in total. The number of rotatable bonds is 5. The highest BCUT2D eigenvalue weighted by Crippen LogP contribution is 2.47. The number of amides is 3. The molecule has 1 aromatic carbocycles. The maximum absolute atomic E-state index is 12.9. The van der Waals surface area contributed by atoms with Crippen LogP contribution in [0, 0.1) is 5.41 Å². The highest BCUT2D eigenvalue weighted by molar-refractivity contribution is 6.31. The van der Waals surface area contributed by atoms with Gasteiger partial charge in [-0.05, 0) is 31.4 Å². The molecule has 27 heavy (non-hydrogen) atoms. The van der Waals surface area contributed by atoms with Crippen molar-refractivity contribution in [1.29, 1.82) is 0 Å². The van der Waals surface area contributed by atoms with E-state index in [1.165, 1.54) is 0 Å². The summed E-state index contributed by atoms with van der Waals surface area (Å²) in [5, 5.41) is 3.44. The average Bonchev–Trinajstić information content (AvgIpc) is 3.49. The number of ether oxygens (including phenoxy) is 1. The van der Waals surface area contributed by atoms with E-state index in [1.54, 1.807) is 22.8 Å². The first-order valence-corrected chi connectivity index (χ1v) is 9.58. The van der Waals surface area contributed by atoms with Crippen LogP contribution in [0.5, 0.6) is 0 Å². The Balaban J connectivity index is 1.54. The van der Waals surface area contributed by atoms with Crippen molar-refractivity contribution in [3.63, 3.8) is 0 Å². The van der Waals surface area contributed by atoms with Crippen molar-refractivity contribution in [3.8, 4) is 0 Å². The molecule has 1 aliphatic carbocycles. The molecule has 146 valence electrons. The van der Waals surface area contributed by atoms with Gasteiger partial charge in [-0.1, -0.05) is 29.8 Å². The standard InChI is InChI=1S/C19H24ClN3O4/c1-2-27-18(26)23-11-9-22(10-12-23)17(25)19(7-8-19)16(24)21-13-14-5-3-4-6-15(14)20/h3-6H,2,7-13H2,1H3,(H,21,24). The van der Waals surface area contributed by atoms with Gasteiger partial charge >= 0.3 is 6.09 Å². The van der Waals surface area contributed by atoms with Crippen molar-refractivity contribution in [3.05, 3.63) is 34.9 Å². The molecule has 1 aromatic rings. The van der Waals surface area contributed by atoms with Crippen molar-refractivity contribution in [1.82, 2.24) is 15.1 Å². The summed E-state index contributed by atoms with van der Waals surface area (Å²) in [7, 11) is 0. The molecular formula is C19H24ClN3O4. The van der Waals surface area contributed by atoms with Crippen molar-refractivity contribution in [2.24, 2.45) is 5.41 Å². The molecule has 0 spiro atoms. The Labute approximate surface area is 163 Å². The highest BCUT2D eigenvalue weighted by Gasteiger charge is 2.58. The smallest absolute Gasteiger partial charge is 0.409 e. The van der Waals surface area contributed by atoms with Gasteiger partial charge in [0.2, 0.25) is 11.8 Å². The molecule has 7 nitrogen and oxygen atoms in total. The Bertz CT molecular complexity index is 727. The molecule has 3 amide bonds. The van der Waals surface area contributed by atoms with Gasteiger partial charge in [0.1, 0.15) is 5.41 Å². The van der Waals surface area contributed by atoms with Gasteiger partial charge < -0.3 is 19.9 Å². The van der Waals surface area contributed by atoms with Crippen LogP contribution in [0.25, 0.3) is 0 Å². The predicted molar refractivity (Wildman–Crippen MR) is 100 cm³/mol. The van der Waals surface area contributed by atoms with Crippen LogP contribution in [0.4, 0.5) is 4.79 Å². The number of carbonyl (C=O) groups excluding carboxylic acids is 3. The largest absolute Gasteiger partial charge is 0.450 e. The van der Waals surface area contributed by atoms with Crippen LogP contribution in [0.3, 0.4) is 0 Å². The van der Waals surface area contributed by atoms with Crippen molar-refractivity contribution < 1.29 is 19.1 Å². The van der Waals surface area contributed by atoms with Crippen molar-refractivity contribution in [2.45, 2.75) is 26.3 Å². The second kappa shape index (κ2) is 8.17. The summed E-state index contributed by atoms with van der Waals surface area (Å²) >= 11 is 6.11. The summed E-state index contributed by atoms with van der Waals surface area (Å²) in [5.74, 6) is -0.400. The Morgan fingerprint density at radius 2 is 1.74 bits per heavy atom. The molecule has 2 fully saturated rings. The van der Waals surface area contributed by atoms with Crippen LogP contribution in [-0.2, 0) is 20.9 Å². The fraction of sp³-hybridized carbons (Fsp3) is 0.526. The molecule has 0 unspecified atom stereocenters. The Hall–Kier alpha value is -2.28. The number of benzene rings is 1. The Kier molecular flexibility index (Phi) is 5.89. The average molecular weight is 394 g/mol. The number of piperazine rings is 1. The predicted octanol–water partition coefficient (Wildman–Crippen LogP) is 2.04. The van der Waals surface area contributed by atoms with E-state index >= 15 is 0 Å². The van der Waals surface area contributed by atoms with Crippen LogP contribution < -0.4 is 5.32 Å². The zero-order chi connectivity index (χ0) is 19.4. The Morgan fingerprint density at radius 1 is 1.11 bits per heavy atom. The minimum absolute atomic E-state index is 0.150. The van der Waals surface area contributed by atoms with E-state index in [9.17, 15) is 14.4 Å². The third-order valence-corrected chi connectivity index (χ3v) is 5.45. The molecule has 0 atom stereocenters. The van der Waals surface area contributed by atoms with E-state index in [1.807, 2.05) is 18.2 Å². The first-order valence-electron chi connectivity index (χ1n) is 9.20. The molecular weight excluding hydrogens is 370 g/mol. The number of hydrogen-bond acceptors (Lipinski definition) is 4. The highest BCUT2D eigenvalue weighted by atomic mass is 35.5. The minimum Gasteiger partial charge on any atom is -0.450 e. The van der Waals surface area contributed by atoms with Gasteiger partial charge in [0.15, 0.2) is 0 Å². The number of carbonyl (C=O) groups is 3. The number of hydrogen-bond donors (Lipinski definition) is 1. The lowest BCUT2D eigenvalue weighted by Crippen LogP contribution is -2.54. The zero-order valence-electron chi connectivity index (χ0n) is 15.4. The molecule has 8 heteroatoms. The van der Waals surface area contributed by atoms with Gasteiger partial charge in [0.05, 0.1) is 6.61 Å². The number of nitrogens with one attached hydrogen (secondary N) is 1. The summed E-state index contributed by atoms with van der Waals surface area (Å²) < 4.78 is 4.99. The molecule has 0 radical (unpaired) electrons. The van der Waals surface area contributed by atoms with E-state index in [0.29, 0.717) is 57.2 Å². The molecule has 3 rings (SSSR count). The van der Waals surface area contributed by atoms with Gasteiger partial charge in [-0.15, -0.1) is 0 Å². The quantitative estimate of drug-likeness (QED) is 0.776. The van der Waals surface area contributed by atoms with E-state index in [2.05, 4.69) is 5.32 Å². The Morgan fingerprint density at radius 3 is 2.33 bits per heavy atom. The van der Waals surface area contributed by atoms with Crippen LogP contribution in [-0.4, -0.2) is 60.5 Å². The number of nitrogens with zero attached hydrogens (tertiary/aromatic N) is 2. The summed E-state index contributed by atoms with van der Waals surface area (Å²) in [4.78, 5) is 40.6. The number of halogens is 1. The van der Waals surface area contributed by atoms with Crippen LogP contribution in [0.2, 0.25) is 5.02 Å². The maximum Gasteiger partial charge on any atom is 0.409 e. The second-order valence-corrected chi connectivity index (χ2v) is 7.24. The summed E-state index contributed by atoms with van der Waals surface area (Å²) in [6, 6.07) is 7.30. The fourth-order valence-electron chi connectivity index (χ4n) is 3.26. The van der Waals surface area contributed by atoms with Crippen molar-refractivity contribution >= 4 is 29.5 Å². The van der Waals surface area contributed by atoms with E-state index in [-0.39, 0.29) is 17.9 Å². The SMILES string of the molecule is CCOC(=O)N1CCN(C(=O)C2(C(=O)NCc3ccccc3Cl)CC2)CC1. The van der Waals surface area contributed by atoms with Gasteiger partial charge in [-0.25, -0.2) is 4.79 Å². The summed E-state index contributed by atoms with van der Waals surface area (Å²) in [6.07, 6.45) is 0.750. The third kappa shape index (κ3) is 4.18. The lowest BCUT2D eigenvalue weighted by Gasteiger charge is -2.35. The van der Waals surface area contributed by atoms with E-state index in [0.717, 1.165) is 5.56 Å². The maximum atomic E-state index is 12.9. The minimum atomic E-state index is -0.965. The van der Waals surface area contributed by atoms with Gasteiger partial charge in [0.25, 0.3) is 0 Å². The molecule has 0 aromatic heterocycles. The lowest BCUT2D eigenvalue weighted by atomic mass is 10.0. The topological polar surface area (TPSA) is 79.0 Å². The zero-order valence-corrected chi connectivity index (χ0v) is 16.1. The monoisotopic (exact) mass is 393 g/mol. The van der Waals surface area contributed by atoms with Crippen LogP contribution in [0.15, 0.2) is 24.3 Å². The van der Waals surface area contributed by atoms with Crippen LogP contribution in [0.1, 0.15) is 25.3 Å². The molecule has 1 saturated heterocycles. The van der Waals surface area contributed by atoms with E-state index in [4.69, 9.17) is 16.3 Å². The van der Waals surface area contributed by atoms with Crippen LogP contribution >= 0.6 is 11.6 Å². The molecule has 2 aliphatic rings. The van der Waals surface area contributed by atoms with E-state index < -0.39 is 5.41 Å². The first-order chi connectivity index (χ1) is 13.0. The molecule has 1 heterocycles. The summed E-state index contributed by atoms with van der Waals surface area (Å²) in [5.41, 5.74) is -0.147. The van der Waals surface area contributed by atoms with Gasteiger partial charge in [-0.3, -0.25) is 9.59 Å². The van der Waals surface area contributed by atoms with Crippen molar-refractivity contribution in [2.75, 3.05) is 32.8 Å². The normalized spacial score (nSPS) is 18.0. The third-order valence-electron chi connectivity index (χ3n) is 5.08.